The molecule has 1 atom stereocenters. The van der Waals surface area contributed by atoms with Gasteiger partial charge in [0.1, 0.15) is 5.82 Å². The number of hydrogen-bond acceptors (Lipinski definition) is 5. The zero-order valence-corrected chi connectivity index (χ0v) is 23.1. The third kappa shape index (κ3) is 6.03. The number of rotatable bonds is 6. The second kappa shape index (κ2) is 10.9. The maximum absolute atomic E-state index is 13.6. The maximum atomic E-state index is 13.6. The number of anilines is 2. The van der Waals surface area contributed by atoms with Crippen molar-refractivity contribution in [2.45, 2.75) is 18.8 Å². The molecule has 0 N–H and O–H groups in total. The van der Waals surface area contributed by atoms with E-state index in [0.717, 1.165) is 17.7 Å². The molecule has 8 nitrogen and oxygen atoms in total. The SMILES string of the molecule is CS(=O)(=O)N1CCN(c2ccc(CN3C[C@H](c4cccc(C(F)(F)F)c4)N(c4ccc(Cl)cc4)C3=O)cn2)CC1. The number of sulfonamides is 1. The lowest BCUT2D eigenvalue weighted by molar-refractivity contribution is -0.137. The Morgan fingerprint density at radius 3 is 2.30 bits per heavy atom. The summed E-state index contributed by atoms with van der Waals surface area (Å²) in [5, 5.41) is 0.478. The van der Waals surface area contributed by atoms with Crippen LogP contribution >= 0.6 is 11.6 Å². The highest BCUT2D eigenvalue weighted by Crippen LogP contribution is 2.38. The number of pyridine rings is 1. The van der Waals surface area contributed by atoms with Crippen molar-refractivity contribution in [2.24, 2.45) is 0 Å². The van der Waals surface area contributed by atoms with Crippen LogP contribution < -0.4 is 9.80 Å². The molecule has 3 aromatic rings. The largest absolute Gasteiger partial charge is 0.416 e. The third-order valence-corrected chi connectivity index (χ3v) is 8.65. The minimum Gasteiger partial charge on any atom is -0.354 e. The summed E-state index contributed by atoms with van der Waals surface area (Å²) in [6.07, 6.45) is -1.65. The standard InChI is InChI=1S/C27H27ClF3N5O3S/c1-40(38,39)35-13-11-33(12-14-35)25-10-5-19(16-32-25)17-34-18-24(20-3-2-4-21(15-20)27(29,30)31)36(26(34)37)23-8-6-22(28)7-9-23/h2-10,15-16,24H,11-14,17-18H2,1H3/t24-/m1/s1. The van der Waals surface area contributed by atoms with Crippen LogP contribution in [0.15, 0.2) is 66.9 Å². The number of hydrogen-bond donors (Lipinski definition) is 0. The van der Waals surface area contributed by atoms with Gasteiger partial charge in [-0.15, -0.1) is 0 Å². The number of nitrogens with zero attached hydrogens (tertiary/aromatic N) is 5. The van der Waals surface area contributed by atoms with Gasteiger partial charge >= 0.3 is 12.2 Å². The highest BCUT2D eigenvalue weighted by atomic mass is 35.5. The predicted octanol–water partition coefficient (Wildman–Crippen LogP) is 5.02. The number of halogens is 4. The number of urea groups is 1. The molecule has 2 saturated heterocycles. The molecule has 40 heavy (non-hydrogen) atoms. The number of aromatic nitrogens is 1. The summed E-state index contributed by atoms with van der Waals surface area (Å²) in [7, 11) is -3.24. The molecule has 0 saturated carbocycles. The number of piperazine rings is 1. The van der Waals surface area contributed by atoms with Gasteiger partial charge in [0.25, 0.3) is 0 Å². The van der Waals surface area contributed by atoms with Gasteiger partial charge in [-0.05, 0) is 53.6 Å². The molecule has 0 bridgehead atoms. The molecule has 0 aliphatic carbocycles. The molecule has 2 aliphatic rings. The van der Waals surface area contributed by atoms with Crippen molar-refractivity contribution < 1.29 is 26.4 Å². The average Bonchev–Trinajstić information content (AvgIpc) is 3.24. The van der Waals surface area contributed by atoms with Crippen LogP contribution in [-0.4, -0.2) is 67.6 Å². The zero-order chi connectivity index (χ0) is 28.7. The summed E-state index contributed by atoms with van der Waals surface area (Å²) in [5.74, 6) is 0.703. The summed E-state index contributed by atoms with van der Waals surface area (Å²) < 4.78 is 65.3. The van der Waals surface area contributed by atoms with E-state index in [4.69, 9.17) is 11.6 Å². The topological polar surface area (TPSA) is 77.1 Å². The minimum atomic E-state index is -4.51. The number of carbonyl (C=O) groups excluding carboxylic acids is 1. The van der Waals surface area contributed by atoms with E-state index < -0.39 is 27.8 Å². The Morgan fingerprint density at radius 1 is 1.00 bits per heavy atom. The van der Waals surface area contributed by atoms with Gasteiger partial charge in [-0.3, -0.25) is 4.90 Å². The van der Waals surface area contributed by atoms with Crippen molar-refractivity contribution in [2.75, 3.05) is 48.8 Å². The van der Waals surface area contributed by atoms with E-state index >= 15 is 0 Å². The second-order valence-electron chi connectivity index (χ2n) is 9.82. The molecule has 3 heterocycles. The van der Waals surface area contributed by atoms with Gasteiger partial charge in [0.15, 0.2) is 0 Å². The fraction of sp³-hybridized carbons (Fsp3) is 0.333. The van der Waals surface area contributed by atoms with E-state index in [1.807, 2.05) is 17.0 Å². The van der Waals surface area contributed by atoms with Gasteiger partial charge in [0.2, 0.25) is 10.0 Å². The predicted molar refractivity (Wildman–Crippen MR) is 147 cm³/mol. The van der Waals surface area contributed by atoms with Crippen LogP contribution in [0.2, 0.25) is 5.02 Å². The second-order valence-corrected chi connectivity index (χ2v) is 12.2. The quantitative estimate of drug-likeness (QED) is 0.401. The number of amides is 2. The first-order valence-electron chi connectivity index (χ1n) is 12.6. The molecular formula is C27H27ClF3N5O3S. The summed E-state index contributed by atoms with van der Waals surface area (Å²) in [6.45, 7) is 2.17. The van der Waals surface area contributed by atoms with E-state index in [1.165, 1.54) is 21.5 Å². The first-order valence-corrected chi connectivity index (χ1v) is 14.8. The molecule has 212 valence electrons. The van der Waals surface area contributed by atoms with Gasteiger partial charge in [-0.2, -0.15) is 17.5 Å². The Bertz CT molecular complexity index is 1480. The average molecular weight is 594 g/mol. The Balaban J connectivity index is 1.35. The van der Waals surface area contributed by atoms with Gasteiger partial charge in [-0.1, -0.05) is 29.8 Å². The molecule has 0 spiro atoms. The van der Waals surface area contributed by atoms with Gasteiger partial charge in [0.05, 0.1) is 17.9 Å². The first-order chi connectivity index (χ1) is 18.9. The molecule has 1 aromatic heterocycles. The highest BCUT2D eigenvalue weighted by Gasteiger charge is 2.40. The van der Waals surface area contributed by atoms with Crippen LogP contribution in [0.25, 0.3) is 0 Å². The molecule has 0 radical (unpaired) electrons. The van der Waals surface area contributed by atoms with Crippen molar-refractivity contribution in [1.29, 1.82) is 0 Å². The highest BCUT2D eigenvalue weighted by molar-refractivity contribution is 7.88. The summed E-state index contributed by atoms with van der Waals surface area (Å²) >= 11 is 6.03. The van der Waals surface area contributed by atoms with Crippen LogP contribution in [0.4, 0.5) is 29.5 Å². The van der Waals surface area contributed by atoms with Crippen LogP contribution in [-0.2, 0) is 22.7 Å². The molecule has 2 amide bonds. The van der Waals surface area contributed by atoms with Crippen molar-refractivity contribution in [3.63, 3.8) is 0 Å². The fourth-order valence-corrected chi connectivity index (χ4v) is 5.97. The minimum absolute atomic E-state index is 0.179. The third-order valence-electron chi connectivity index (χ3n) is 7.10. The first kappa shape index (κ1) is 28.2. The summed E-state index contributed by atoms with van der Waals surface area (Å²) in [6, 6.07) is 14.3. The lowest BCUT2D eigenvalue weighted by Gasteiger charge is -2.34. The van der Waals surface area contributed by atoms with E-state index in [-0.39, 0.29) is 19.1 Å². The lowest BCUT2D eigenvalue weighted by Crippen LogP contribution is -2.48. The maximum Gasteiger partial charge on any atom is 0.416 e. The normalized spacial score (nSPS) is 19.0. The van der Waals surface area contributed by atoms with E-state index in [2.05, 4.69) is 4.98 Å². The van der Waals surface area contributed by atoms with Crippen molar-refractivity contribution in [3.8, 4) is 0 Å². The number of benzene rings is 2. The van der Waals surface area contributed by atoms with Crippen molar-refractivity contribution in [3.05, 3.63) is 88.6 Å². The van der Waals surface area contributed by atoms with Crippen LogP contribution in [0, 0.1) is 0 Å². The van der Waals surface area contributed by atoms with Gasteiger partial charge in [-0.25, -0.2) is 18.2 Å². The number of carbonyl (C=O) groups is 1. The molecule has 2 aliphatic heterocycles. The van der Waals surface area contributed by atoms with Gasteiger partial charge in [0, 0.05) is 56.2 Å². The smallest absolute Gasteiger partial charge is 0.354 e. The Morgan fingerprint density at radius 2 is 1.70 bits per heavy atom. The molecule has 0 unspecified atom stereocenters. The van der Waals surface area contributed by atoms with Crippen LogP contribution in [0.1, 0.15) is 22.7 Å². The van der Waals surface area contributed by atoms with Crippen molar-refractivity contribution in [1.82, 2.24) is 14.2 Å². The van der Waals surface area contributed by atoms with E-state index in [1.54, 1.807) is 41.4 Å². The number of alkyl halides is 3. The van der Waals surface area contributed by atoms with Crippen molar-refractivity contribution >= 4 is 39.2 Å². The molecule has 2 aromatic carbocycles. The zero-order valence-electron chi connectivity index (χ0n) is 21.6. The Hall–Kier alpha value is -3.35. The Labute approximate surface area is 235 Å². The molecule has 2 fully saturated rings. The molecule has 5 rings (SSSR count). The van der Waals surface area contributed by atoms with Crippen LogP contribution in [0.5, 0.6) is 0 Å². The van der Waals surface area contributed by atoms with E-state index in [9.17, 15) is 26.4 Å². The Kier molecular flexibility index (Phi) is 7.68. The monoisotopic (exact) mass is 593 g/mol. The molecule has 13 heteroatoms. The summed E-state index contributed by atoms with van der Waals surface area (Å²) in [5.41, 5.74) is 0.889. The van der Waals surface area contributed by atoms with E-state index in [0.29, 0.717) is 48.3 Å². The van der Waals surface area contributed by atoms with Gasteiger partial charge < -0.3 is 9.80 Å². The summed E-state index contributed by atoms with van der Waals surface area (Å²) in [4.78, 5) is 23.2. The lowest BCUT2D eigenvalue weighted by atomic mass is 10.0. The van der Waals surface area contributed by atoms with Crippen LogP contribution in [0.3, 0.4) is 0 Å². The fourth-order valence-electron chi connectivity index (χ4n) is 5.02. The molecular weight excluding hydrogens is 567 g/mol.